The third-order valence-corrected chi connectivity index (χ3v) is 6.59. The van der Waals surface area contributed by atoms with Crippen LogP contribution in [-0.2, 0) is 9.47 Å². The van der Waals surface area contributed by atoms with Crippen LogP contribution in [0.15, 0.2) is 84.9 Å². The second-order valence-electron chi connectivity index (χ2n) is 9.64. The standard InChI is InChI=1S/C34H28N2O10/c1-3-45-33(43)21-7-5-9-23(15-21)35-29(37)25-13-11-19(20-12-14-26(31(39)40)28(18-20)32(41)42)17-27(25)30(38)36-24-10-6-8-22(16-24)34(44)46-4-2/h5-18H,3-4H2,1-2H3,(H,35,37)(H,36,38)(H,39,40)(H,41,42). The Bertz CT molecular complexity index is 1860. The minimum absolute atomic E-state index is 0.0788. The Hall–Kier alpha value is -6.30. The van der Waals surface area contributed by atoms with E-state index < -0.39 is 46.8 Å². The number of amides is 2. The van der Waals surface area contributed by atoms with Gasteiger partial charge in [-0.05, 0) is 85.6 Å². The Morgan fingerprint density at radius 2 is 0.978 bits per heavy atom. The van der Waals surface area contributed by atoms with Gasteiger partial charge in [-0.25, -0.2) is 19.2 Å². The van der Waals surface area contributed by atoms with Crippen molar-refractivity contribution in [2.75, 3.05) is 23.8 Å². The first kappa shape index (κ1) is 32.6. The maximum absolute atomic E-state index is 13.7. The SMILES string of the molecule is CCOC(=O)c1cccc(NC(=O)c2ccc(-c3ccc(C(=O)O)c(C(=O)O)c3)cc2C(=O)Nc2cccc(C(=O)OCC)c2)c1. The quantitative estimate of drug-likeness (QED) is 0.153. The molecule has 4 aromatic rings. The monoisotopic (exact) mass is 624 g/mol. The molecule has 0 saturated heterocycles. The molecule has 4 aromatic carbocycles. The number of esters is 2. The molecule has 0 radical (unpaired) electrons. The topological polar surface area (TPSA) is 185 Å². The molecule has 12 nitrogen and oxygen atoms in total. The molecule has 0 aliphatic carbocycles. The zero-order chi connectivity index (χ0) is 33.4. The first-order chi connectivity index (χ1) is 22.0. The Morgan fingerprint density at radius 1 is 0.543 bits per heavy atom. The highest BCUT2D eigenvalue weighted by Crippen LogP contribution is 2.27. The summed E-state index contributed by atoms with van der Waals surface area (Å²) in [7, 11) is 0. The molecule has 46 heavy (non-hydrogen) atoms. The smallest absolute Gasteiger partial charge is 0.338 e. The largest absolute Gasteiger partial charge is 0.478 e. The van der Waals surface area contributed by atoms with Gasteiger partial charge in [0.05, 0.1) is 46.6 Å². The fourth-order valence-electron chi connectivity index (χ4n) is 4.47. The average molecular weight is 625 g/mol. The fourth-order valence-corrected chi connectivity index (χ4v) is 4.47. The number of ether oxygens (including phenoxy) is 2. The molecule has 0 aliphatic heterocycles. The first-order valence-electron chi connectivity index (χ1n) is 13.9. The Kier molecular flexibility index (Phi) is 10.2. The van der Waals surface area contributed by atoms with Crippen molar-refractivity contribution < 1.29 is 48.5 Å². The van der Waals surface area contributed by atoms with Crippen LogP contribution in [0, 0.1) is 0 Å². The van der Waals surface area contributed by atoms with E-state index in [1.54, 1.807) is 32.0 Å². The van der Waals surface area contributed by atoms with Gasteiger partial charge in [0.25, 0.3) is 11.8 Å². The van der Waals surface area contributed by atoms with E-state index in [4.69, 9.17) is 9.47 Å². The van der Waals surface area contributed by atoms with Gasteiger partial charge in [0.1, 0.15) is 0 Å². The minimum atomic E-state index is -1.46. The summed E-state index contributed by atoms with van der Waals surface area (Å²) in [5.74, 6) is -5.50. The van der Waals surface area contributed by atoms with Crippen LogP contribution >= 0.6 is 0 Å². The van der Waals surface area contributed by atoms with Crippen molar-refractivity contribution in [2.24, 2.45) is 0 Å². The average Bonchev–Trinajstić information content (AvgIpc) is 3.04. The maximum atomic E-state index is 13.7. The van der Waals surface area contributed by atoms with Crippen molar-refractivity contribution >= 4 is 47.1 Å². The van der Waals surface area contributed by atoms with E-state index in [2.05, 4.69) is 10.6 Å². The molecular formula is C34H28N2O10. The molecule has 0 saturated carbocycles. The van der Waals surface area contributed by atoms with Crippen LogP contribution in [-0.4, -0.2) is 59.1 Å². The van der Waals surface area contributed by atoms with Crippen molar-refractivity contribution in [1.29, 1.82) is 0 Å². The number of benzene rings is 4. The van der Waals surface area contributed by atoms with E-state index in [0.717, 1.165) is 12.1 Å². The van der Waals surface area contributed by atoms with Crippen LogP contribution in [0.2, 0.25) is 0 Å². The van der Waals surface area contributed by atoms with Crippen LogP contribution in [0.1, 0.15) is 76.0 Å². The highest BCUT2D eigenvalue weighted by atomic mass is 16.5. The Morgan fingerprint density at radius 3 is 1.43 bits per heavy atom. The van der Waals surface area contributed by atoms with Crippen molar-refractivity contribution in [2.45, 2.75) is 13.8 Å². The molecule has 0 aliphatic rings. The van der Waals surface area contributed by atoms with Crippen LogP contribution in [0.4, 0.5) is 11.4 Å². The molecule has 2 amide bonds. The summed E-state index contributed by atoms with van der Waals surface area (Å²) in [6, 6.07) is 19.9. The van der Waals surface area contributed by atoms with Gasteiger partial charge in [0.2, 0.25) is 0 Å². The minimum Gasteiger partial charge on any atom is -0.478 e. The third-order valence-electron chi connectivity index (χ3n) is 6.59. The Labute approximate surface area is 262 Å². The number of hydrogen-bond acceptors (Lipinski definition) is 8. The van der Waals surface area contributed by atoms with E-state index in [1.165, 1.54) is 54.6 Å². The molecule has 0 aromatic heterocycles. The second kappa shape index (κ2) is 14.4. The molecule has 0 spiro atoms. The lowest BCUT2D eigenvalue weighted by molar-refractivity contribution is 0.0517. The van der Waals surface area contributed by atoms with Crippen LogP contribution in [0.5, 0.6) is 0 Å². The lowest BCUT2D eigenvalue weighted by Crippen LogP contribution is -2.21. The predicted octanol–water partition coefficient (Wildman–Crippen LogP) is 5.61. The van der Waals surface area contributed by atoms with E-state index in [-0.39, 0.29) is 52.4 Å². The summed E-state index contributed by atoms with van der Waals surface area (Å²) in [4.78, 5) is 74.9. The summed E-state index contributed by atoms with van der Waals surface area (Å²) in [5, 5.41) is 24.3. The van der Waals surface area contributed by atoms with Gasteiger partial charge >= 0.3 is 23.9 Å². The van der Waals surface area contributed by atoms with Gasteiger partial charge in [-0.1, -0.05) is 24.3 Å². The van der Waals surface area contributed by atoms with E-state index in [1.807, 2.05) is 0 Å². The van der Waals surface area contributed by atoms with Crippen molar-refractivity contribution in [3.05, 3.63) is 118 Å². The summed E-state index contributed by atoms with van der Waals surface area (Å²) in [5.41, 5.74) is 0.368. The lowest BCUT2D eigenvalue weighted by atomic mass is 9.95. The predicted molar refractivity (Wildman–Crippen MR) is 166 cm³/mol. The Balaban J connectivity index is 1.75. The van der Waals surface area contributed by atoms with Gasteiger partial charge in [0, 0.05) is 11.4 Å². The van der Waals surface area contributed by atoms with Crippen molar-refractivity contribution in [3.8, 4) is 11.1 Å². The number of nitrogens with one attached hydrogen (secondary N) is 2. The van der Waals surface area contributed by atoms with Crippen molar-refractivity contribution in [3.63, 3.8) is 0 Å². The van der Waals surface area contributed by atoms with E-state index in [0.29, 0.717) is 5.56 Å². The zero-order valence-electron chi connectivity index (χ0n) is 24.7. The molecular weight excluding hydrogens is 596 g/mol. The molecule has 12 heteroatoms. The first-order valence-corrected chi connectivity index (χ1v) is 13.9. The number of rotatable bonds is 11. The van der Waals surface area contributed by atoms with Crippen LogP contribution in [0.3, 0.4) is 0 Å². The van der Waals surface area contributed by atoms with E-state index in [9.17, 15) is 39.0 Å². The molecule has 0 heterocycles. The third kappa shape index (κ3) is 7.61. The van der Waals surface area contributed by atoms with Gasteiger partial charge in [-0.15, -0.1) is 0 Å². The number of aromatic carboxylic acids is 2. The number of hydrogen-bond donors (Lipinski definition) is 4. The van der Waals surface area contributed by atoms with Gasteiger partial charge in [-0.3, -0.25) is 9.59 Å². The lowest BCUT2D eigenvalue weighted by Gasteiger charge is -2.14. The van der Waals surface area contributed by atoms with Gasteiger partial charge < -0.3 is 30.3 Å². The molecule has 0 unspecified atom stereocenters. The molecule has 0 fully saturated rings. The molecule has 4 rings (SSSR count). The number of carbonyl (C=O) groups is 6. The van der Waals surface area contributed by atoms with Gasteiger partial charge in [0.15, 0.2) is 0 Å². The number of carboxylic acid groups (broad SMARTS) is 2. The number of carboxylic acids is 2. The molecule has 4 N–H and O–H groups in total. The summed E-state index contributed by atoms with van der Waals surface area (Å²) >= 11 is 0. The van der Waals surface area contributed by atoms with Crippen LogP contribution < -0.4 is 10.6 Å². The summed E-state index contributed by atoms with van der Waals surface area (Å²) in [6.07, 6.45) is 0. The van der Waals surface area contributed by atoms with E-state index >= 15 is 0 Å². The number of anilines is 2. The summed E-state index contributed by atoms with van der Waals surface area (Å²) in [6.45, 7) is 3.64. The highest BCUT2D eigenvalue weighted by Gasteiger charge is 2.22. The fraction of sp³-hybridized carbons (Fsp3) is 0.118. The highest BCUT2D eigenvalue weighted by molar-refractivity contribution is 6.16. The van der Waals surface area contributed by atoms with Crippen molar-refractivity contribution in [1.82, 2.24) is 0 Å². The molecule has 0 bridgehead atoms. The summed E-state index contributed by atoms with van der Waals surface area (Å²) < 4.78 is 10.0. The zero-order valence-corrected chi connectivity index (χ0v) is 24.7. The normalized spacial score (nSPS) is 10.4. The van der Waals surface area contributed by atoms with Crippen LogP contribution in [0.25, 0.3) is 11.1 Å². The molecule has 234 valence electrons. The van der Waals surface area contributed by atoms with Gasteiger partial charge in [-0.2, -0.15) is 0 Å². The number of carbonyl (C=O) groups excluding carboxylic acids is 4. The second-order valence-corrected chi connectivity index (χ2v) is 9.64. The molecule has 0 atom stereocenters. The maximum Gasteiger partial charge on any atom is 0.338 e.